The summed E-state index contributed by atoms with van der Waals surface area (Å²) in [5.41, 5.74) is 7.63. The summed E-state index contributed by atoms with van der Waals surface area (Å²) in [6.07, 6.45) is 4.83. The Hall–Kier alpha value is -4.78. The third-order valence-corrected chi connectivity index (χ3v) is 7.20. The maximum Gasteiger partial charge on any atom is 0.338 e. The molecule has 6 rings (SSSR count). The van der Waals surface area contributed by atoms with E-state index in [-0.39, 0.29) is 0 Å². The Balaban J connectivity index is 1.39. The van der Waals surface area contributed by atoms with Gasteiger partial charge in [0.25, 0.3) is 0 Å². The highest BCUT2D eigenvalue weighted by atomic mass is 16.5. The Bertz CT molecular complexity index is 1840. The van der Waals surface area contributed by atoms with Gasteiger partial charge in [-0.1, -0.05) is 43.7 Å². The zero-order chi connectivity index (χ0) is 27.6. The molecule has 4 aromatic heterocycles. The molecule has 6 aromatic rings. The SMILES string of the molecule is CCCCc1nc2cc(-c3ccccn3)c(C)nc2n1Cc1ccc2oc(-c3ccccc3C(=O)OC)cc2c1. The van der Waals surface area contributed by atoms with E-state index >= 15 is 0 Å². The Kier molecular flexibility index (Phi) is 6.86. The minimum atomic E-state index is -0.391. The number of esters is 1. The molecule has 4 heterocycles. The topological polar surface area (TPSA) is 83.0 Å². The second-order valence-electron chi connectivity index (χ2n) is 9.92. The van der Waals surface area contributed by atoms with E-state index in [1.165, 1.54) is 7.11 Å². The number of pyridine rings is 2. The molecule has 0 fully saturated rings. The number of aryl methyl sites for hydroxylation is 2. The lowest BCUT2D eigenvalue weighted by Crippen LogP contribution is -2.06. The van der Waals surface area contributed by atoms with E-state index in [0.29, 0.717) is 23.4 Å². The van der Waals surface area contributed by atoms with Crippen molar-refractivity contribution in [2.24, 2.45) is 0 Å². The maximum atomic E-state index is 12.3. The van der Waals surface area contributed by atoms with Crippen LogP contribution in [0.4, 0.5) is 0 Å². The Morgan fingerprint density at radius 2 is 1.82 bits per heavy atom. The van der Waals surface area contributed by atoms with Crippen LogP contribution in [0.25, 0.3) is 44.7 Å². The van der Waals surface area contributed by atoms with Gasteiger partial charge in [0.15, 0.2) is 5.65 Å². The lowest BCUT2D eigenvalue weighted by molar-refractivity contribution is 0.0601. The van der Waals surface area contributed by atoms with E-state index in [4.69, 9.17) is 19.1 Å². The van der Waals surface area contributed by atoms with Crippen molar-refractivity contribution in [2.45, 2.75) is 39.7 Å². The molecular weight excluding hydrogens is 500 g/mol. The predicted octanol–water partition coefficient (Wildman–Crippen LogP) is 7.39. The normalized spacial score (nSPS) is 11.4. The zero-order valence-electron chi connectivity index (χ0n) is 22.8. The molecular formula is C33H30N4O3. The van der Waals surface area contributed by atoms with Crippen LogP contribution in [0.2, 0.25) is 0 Å². The van der Waals surface area contributed by atoms with Crippen molar-refractivity contribution < 1.29 is 13.9 Å². The fourth-order valence-corrected chi connectivity index (χ4v) is 5.15. The van der Waals surface area contributed by atoms with E-state index in [2.05, 4.69) is 34.7 Å². The summed E-state index contributed by atoms with van der Waals surface area (Å²) in [5.74, 6) is 1.27. The highest BCUT2D eigenvalue weighted by molar-refractivity contribution is 5.97. The van der Waals surface area contributed by atoms with Crippen LogP contribution in [0, 0.1) is 6.92 Å². The minimum absolute atomic E-state index is 0.391. The minimum Gasteiger partial charge on any atom is -0.465 e. The van der Waals surface area contributed by atoms with E-state index in [9.17, 15) is 4.79 Å². The van der Waals surface area contributed by atoms with Gasteiger partial charge in [-0.05, 0) is 61.4 Å². The fourth-order valence-electron chi connectivity index (χ4n) is 5.15. The number of hydrogen-bond donors (Lipinski definition) is 0. The first-order chi connectivity index (χ1) is 19.6. The van der Waals surface area contributed by atoms with Crippen LogP contribution in [0.3, 0.4) is 0 Å². The second kappa shape index (κ2) is 10.8. The third-order valence-electron chi connectivity index (χ3n) is 7.20. The van der Waals surface area contributed by atoms with Gasteiger partial charge in [-0.3, -0.25) is 4.98 Å². The molecule has 40 heavy (non-hydrogen) atoms. The van der Waals surface area contributed by atoms with Gasteiger partial charge in [0.1, 0.15) is 22.7 Å². The fraction of sp³-hybridized carbons (Fsp3) is 0.212. The van der Waals surface area contributed by atoms with Gasteiger partial charge in [-0.15, -0.1) is 0 Å². The van der Waals surface area contributed by atoms with Crippen LogP contribution in [-0.4, -0.2) is 32.6 Å². The third kappa shape index (κ3) is 4.75. The number of benzene rings is 2. The summed E-state index contributed by atoms with van der Waals surface area (Å²) in [6, 6.07) is 23.5. The molecule has 2 aromatic carbocycles. The lowest BCUT2D eigenvalue weighted by Gasteiger charge is -2.10. The van der Waals surface area contributed by atoms with Crippen LogP contribution < -0.4 is 0 Å². The Labute approximate surface area is 232 Å². The molecule has 0 aliphatic heterocycles. The number of aromatic nitrogens is 4. The first kappa shape index (κ1) is 25.5. The van der Waals surface area contributed by atoms with Gasteiger partial charge in [-0.2, -0.15) is 0 Å². The monoisotopic (exact) mass is 530 g/mol. The molecule has 0 spiro atoms. The van der Waals surface area contributed by atoms with E-state index < -0.39 is 5.97 Å². The van der Waals surface area contributed by atoms with Crippen LogP contribution in [0.5, 0.6) is 0 Å². The predicted molar refractivity (Wildman–Crippen MR) is 156 cm³/mol. The summed E-state index contributed by atoms with van der Waals surface area (Å²) in [4.78, 5) is 26.9. The highest BCUT2D eigenvalue weighted by Gasteiger charge is 2.18. The van der Waals surface area contributed by atoms with Gasteiger partial charge in [-0.25, -0.2) is 14.8 Å². The maximum absolute atomic E-state index is 12.3. The van der Waals surface area contributed by atoms with E-state index in [0.717, 1.165) is 69.7 Å². The number of nitrogens with zero attached hydrogens (tertiary/aromatic N) is 4. The first-order valence-corrected chi connectivity index (χ1v) is 13.5. The largest absolute Gasteiger partial charge is 0.465 e. The van der Waals surface area contributed by atoms with Crippen LogP contribution in [-0.2, 0) is 17.7 Å². The molecule has 7 heteroatoms. The zero-order valence-corrected chi connectivity index (χ0v) is 22.8. The van der Waals surface area contributed by atoms with Gasteiger partial charge < -0.3 is 13.7 Å². The smallest absolute Gasteiger partial charge is 0.338 e. The summed E-state index contributed by atoms with van der Waals surface area (Å²) in [7, 11) is 1.38. The quantitative estimate of drug-likeness (QED) is 0.191. The lowest BCUT2D eigenvalue weighted by atomic mass is 10.0. The number of imidazole rings is 1. The Morgan fingerprint density at radius 3 is 2.62 bits per heavy atom. The molecule has 0 saturated heterocycles. The number of hydrogen-bond acceptors (Lipinski definition) is 6. The molecule has 0 radical (unpaired) electrons. The van der Waals surface area contributed by atoms with Crippen molar-refractivity contribution in [1.82, 2.24) is 19.5 Å². The molecule has 7 nitrogen and oxygen atoms in total. The number of methoxy groups -OCH3 is 1. The van der Waals surface area contributed by atoms with Crippen molar-refractivity contribution in [1.29, 1.82) is 0 Å². The van der Waals surface area contributed by atoms with Crippen LogP contribution in [0.15, 0.2) is 83.4 Å². The van der Waals surface area contributed by atoms with Crippen LogP contribution in [0.1, 0.15) is 47.2 Å². The molecule has 0 aliphatic carbocycles. The molecule has 0 N–H and O–H groups in total. The number of carbonyl (C=O) groups is 1. The molecule has 0 atom stereocenters. The molecule has 0 unspecified atom stereocenters. The Morgan fingerprint density at radius 1 is 0.975 bits per heavy atom. The summed E-state index contributed by atoms with van der Waals surface area (Å²) in [6.45, 7) is 4.86. The van der Waals surface area contributed by atoms with E-state index in [1.54, 1.807) is 12.3 Å². The average molecular weight is 531 g/mol. The summed E-state index contributed by atoms with van der Waals surface area (Å²) in [5, 5.41) is 0.966. The van der Waals surface area contributed by atoms with Gasteiger partial charge in [0.2, 0.25) is 0 Å². The molecule has 0 amide bonds. The van der Waals surface area contributed by atoms with Gasteiger partial charge in [0.05, 0.1) is 24.9 Å². The van der Waals surface area contributed by atoms with Crippen molar-refractivity contribution in [3.63, 3.8) is 0 Å². The number of carbonyl (C=O) groups excluding carboxylic acids is 1. The summed E-state index contributed by atoms with van der Waals surface area (Å²) >= 11 is 0. The van der Waals surface area contributed by atoms with Crippen molar-refractivity contribution >= 4 is 28.1 Å². The number of ether oxygens (including phenoxy) is 1. The van der Waals surface area contributed by atoms with Crippen molar-refractivity contribution in [2.75, 3.05) is 7.11 Å². The highest BCUT2D eigenvalue weighted by Crippen LogP contribution is 2.32. The molecule has 0 aliphatic rings. The number of rotatable bonds is 8. The second-order valence-corrected chi connectivity index (χ2v) is 9.92. The van der Waals surface area contributed by atoms with Crippen LogP contribution >= 0.6 is 0 Å². The number of fused-ring (bicyclic) bond motifs is 2. The van der Waals surface area contributed by atoms with E-state index in [1.807, 2.05) is 55.5 Å². The molecule has 0 saturated carbocycles. The first-order valence-electron chi connectivity index (χ1n) is 13.5. The van der Waals surface area contributed by atoms with Gasteiger partial charge >= 0.3 is 5.97 Å². The standard InChI is InChI=1S/C33H30N4O3/c1-4-5-13-31-36-28-19-26(27-12-8-9-16-34-27)21(2)35-32(28)37(31)20-22-14-15-29-23(17-22)18-30(40-29)24-10-6-7-11-25(24)33(38)39-3/h6-12,14-19H,4-5,13,20H2,1-3H3. The average Bonchev–Trinajstić information content (AvgIpc) is 3.56. The van der Waals surface area contributed by atoms with Crippen molar-refractivity contribution in [3.8, 4) is 22.6 Å². The van der Waals surface area contributed by atoms with Crippen molar-refractivity contribution in [3.05, 3.63) is 102 Å². The molecule has 200 valence electrons. The molecule has 0 bridgehead atoms. The number of unbranched alkanes of at least 4 members (excludes halogenated alkanes) is 1. The summed E-state index contributed by atoms with van der Waals surface area (Å²) < 4.78 is 13.4. The number of furan rings is 1. The van der Waals surface area contributed by atoms with Gasteiger partial charge in [0, 0.05) is 34.8 Å².